The lowest BCUT2D eigenvalue weighted by Gasteiger charge is -2.32. The number of rotatable bonds is 8. The van der Waals surface area contributed by atoms with Gasteiger partial charge in [-0.05, 0) is 86.7 Å². The van der Waals surface area contributed by atoms with Crippen molar-refractivity contribution in [3.8, 4) is 16.9 Å². The first-order valence-corrected chi connectivity index (χ1v) is 13.9. The average Bonchev–Trinajstić information content (AvgIpc) is 3.41. The third-order valence-corrected chi connectivity index (χ3v) is 8.13. The number of ether oxygens (including phenoxy) is 1. The number of benzene rings is 2. The minimum atomic E-state index is -0.483. The summed E-state index contributed by atoms with van der Waals surface area (Å²) in [6.45, 7) is 3.20. The highest BCUT2D eigenvalue weighted by Gasteiger charge is 2.24. The second-order valence-corrected chi connectivity index (χ2v) is 10.6. The number of pyridine rings is 1. The van der Waals surface area contributed by atoms with Gasteiger partial charge in [0.05, 0.1) is 18.2 Å². The number of unbranched alkanes of at least 4 members (excludes halogenated alkanes) is 1. The van der Waals surface area contributed by atoms with E-state index in [1.165, 1.54) is 26.0 Å². The van der Waals surface area contributed by atoms with E-state index in [1.54, 1.807) is 49.7 Å². The van der Waals surface area contributed by atoms with E-state index < -0.39 is 17.1 Å². The van der Waals surface area contributed by atoms with E-state index in [2.05, 4.69) is 28.2 Å². The van der Waals surface area contributed by atoms with Gasteiger partial charge < -0.3 is 14.6 Å². The van der Waals surface area contributed by atoms with Crippen molar-refractivity contribution in [3.63, 3.8) is 0 Å². The maximum atomic E-state index is 14.7. The maximum absolute atomic E-state index is 14.7. The normalized spacial score (nSPS) is 16.1. The van der Waals surface area contributed by atoms with Gasteiger partial charge in [0.2, 0.25) is 0 Å². The van der Waals surface area contributed by atoms with Crippen molar-refractivity contribution in [1.29, 1.82) is 0 Å². The topological polar surface area (TPSA) is 71.7 Å². The summed E-state index contributed by atoms with van der Waals surface area (Å²) in [5.41, 5.74) is 2.44. The maximum Gasteiger partial charge on any atom is 0.335 e. The van der Waals surface area contributed by atoms with Crippen LogP contribution < -0.4 is 16.0 Å². The Morgan fingerprint density at radius 3 is 2.70 bits per heavy atom. The second-order valence-electron chi connectivity index (χ2n) is 10.6. The van der Waals surface area contributed by atoms with E-state index in [9.17, 15) is 14.0 Å². The molecule has 5 aromatic rings. The molecule has 1 fully saturated rings. The molecule has 0 spiro atoms. The first kappa shape index (κ1) is 26.1. The molecule has 0 saturated carbocycles. The summed E-state index contributed by atoms with van der Waals surface area (Å²) < 4.78 is 22.9. The van der Waals surface area contributed by atoms with Gasteiger partial charge in [0, 0.05) is 41.9 Å². The van der Waals surface area contributed by atoms with Gasteiger partial charge in [-0.15, -0.1) is 0 Å². The Balaban J connectivity index is 1.17. The zero-order chi connectivity index (χ0) is 27.6. The second kappa shape index (κ2) is 11.1. The molecule has 1 aliphatic rings. The van der Waals surface area contributed by atoms with E-state index in [1.807, 2.05) is 6.07 Å². The van der Waals surface area contributed by atoms with Gasteiger partial charge >= 0.3 is 5.69 Å². The van der Waals surface area contributed by atoms with E-state index >= 15 is 0 Å². The van der Waals surface area contributed by atoms with Crippen molar-refractivity contribution in [1.82, 2.24) is 18.9 Å². The highest BCUT2D eigenvalue weighted by atomic mass is 19.1. The van der Waals surface area contributed by atoms with Crippen LogP contribution in [0.15, 0.2) is 82.6 Å². The Morgan fingerprint density at radius 1 is 1.02 bits per heavy atom. The van der Waals surface area contributed by atoms with Crippen molar-refractivity contribution in [2.24, 2.45) is 0 Å². The number of aromatic amines is 1. The Labute approximate surface area is 231 Å². The largest absolute Gasteiger partial charge is 0.497 e. The van der Waals surface area contributed by atoms with E-state index in [4.69, 9.17) is 4.74 Å². The van der Waals surface area contributed by atoms with Crippen LogP contribution in [-0.2, 0) is 6.54 Å². The van der Waals surface area contributed by atoms with Crippen molar-refractivity contribution >= 4 is 16.4 Å². The van der Waals surface area contributed by atoms with Gasteiger partial charge in [-0.25, -0.2) is 9.18 Å². The van der Waals surface area contributed by atoms with E-state index in [0.29, 0.717) is 17.9 Å². The van der Waals surface area contributed by atoms with Crippen LogP contribution in [0.5, 0.6) is 5.75 Å². The first-order valence-electron chi connectivity index (χ1n) is 13.9. The number of piperidine rings is 1. The lowest BCUT2D eigenvalue weighted by atomic mass is 9.90. The minimum Gasteiger partial charge on any atom is -0.497 e. The molecule has 206 valence electrons. The SMILES string of the molecule is COc1ccc2[nH]cc(C3CCCN(CCCCn4c(=O)c(-c5ccccc5F)c5ccccn5c4=O)C3)c2c1. The first-order chi connectivity index (χ1) is 19.5. The Bertz CT molecular complexity index is 1790. The molecule has 1 atom stereocenters. The molecule has 4 heterocycles. The average molecular weight is 541 g/mol. The standard InChI is InChI=1S/C32H33FN4O3/c1-40-23-13-14-28-25(19-23)26(20-34-28)22-9-8-16-35(21-22)15-6-7-18-37-31(38)30(24-10-2-3-11-27(24)33)29-12-4-5-17-36(29)32(37)39/h2-5,10-14,17,19-20,22,34H,6-9,15-16,18,21H2,1H3. The van der Waals surface area contributed by atoms with Crippen LogP contribution in [-0.4, -0.2) is 45.6 Å². The summed E-state index contributed by atoms with van der Waals surface area (Å²) in [6, 6.07) is 17.5. The lowest BCUT2D eigenvalue weighted by Crippen LogP contribution is -2.39. The molecular formula is C32H33FN4O3. The fourth-order valence-corrected chi connectivity index (χ4v) is 6.09. The van der Waals surface area contributed by atoms with Gasteiger partial charge in [-0.1, -0.05) is 24.3 Å². The van der Waals surface area contributed by atoms with E-state index in [-0.39, 0.29) is 17.7 Å². The summed E-state index contributed by atoms with van der Waals surface area (Å²) >= 11 is 0. The van der Waals surface area contributed by atoms with Gasteiger partial charge in [-0.2, -0.15) is 0 Å². The van der Waals surface area contributed by atoms with Crippen LogP contribution in [0.1, 0.15) is 37.2 Å². The number of aromatic nitrogens is 3. The minimum absolute atomic E-state index is 0.208. The van der Waals surface area contributed by atoms with Crippen LogP contribution in [0.3, 0.4) is 0 Å². The third-order valence-electron chi connectivity index (χ3n) is 8.13. The Kier molecular flexibility index (Phi) is 7.26. The zero-order valence-electron chi connectivity index (χ0n) is 22.6. The fourth-order valence-electron chi connectivity index (χ4n) is 6.09. The number of H-pyrrole nitrogens is 1. The molecule has 1 aliphatic heterocycles. The summed E-state index contributed by atoms with van der Waals surface area (Å²) in [5, 5.41) is 1.22. The van der Waals surface area contributed by atoms with Gasteiger partial charge in [0.1, 0.15) is 11.6 Å². The number of nitrogens with zero attached hydrogens (tertiary/aromatic N) is 3. The lowest BCUT2D eigenvalue weighted by molar-refractivity contribution is 0.204. The molecule has 0 bridgehead atoms. The van der Waals surface area contributed by atoms with Crippen molar-refractivity contribution < 1.29 is 9.13 Å². The highest BCUT2D eigenvalue weighted by molar-refractivity contribution is 5.85. The summed E-state index contributed by atoms with van der Waals surface area (Å²) in [5.74, 6) is 0.813. The molecule has 6 rings (SSSR count). The van der Waals surface area contributed by atoms with Crippen molar-refractivity contribution in [2.45, 2.75) is 38.1 Å². The fraction of sp³-hybridized carbons (Fsp3) is 0.312. The number of methoxy groups -OCH3 is 1. The molecule has 3 aromatic heterocycles. The van der Waals surface area contributed by atoms with Crippen LogP contribution >= 0.6 is 0 Å². The monoisotopic (exact) mass is 540 g/mol. The Morgan fingerprint density at radius 2 is 1.85 bits per heavy atom. The number of hydrogen-bond donors (Lipinski definition) is 1. The molecule has 0 amide bonds. The molecule has 1 saturated heterocycles. The molecule has 8 heteroatoms. The summed E-state index contributed by atoms with van der Waals surface area (Å²) in [6.07, 6.45) is 7.56. The summed E-state index contributed by atoms with van der Waals surface area (Å²) in [7, 11) is 1.69. The molecule has 0 aliphatic carbocycles. The van der Waals surface area contributed by atoms with Crippen LogP contribution in [0.2, 0.25) is 0 Å². The molecule has 2 aromatic carbocycles. The molecular weight excluding hydrogens is 507 g/mol. The van der Waals surface area contributed by atoms with E-state index in [0.717, 1.165) is 50.2 Å². The molecule has 1 N–H and O–H groups in total. The third kappa shape index (κ3) is 4.84. The van der Waals surface area contributed by atoms with Gasteiger partial charge in [-0.3, -0.25) is 13.8 Å². The molecule has 7 nitrogen and oxygen atoms in total. The van der Waals surface area contributed by atoms with Crippen LogP contribution in [0, 0.1) is 5.82 Å². The predicted molar refractivity (Wildman–Crippen MR) is 156 cm³/mol. The summed E-state index contributed by atoms with van der Waals surface area (Å²) in [4.78, 5) is 32.7. The highest BCUT2D eigenvalue weighted by Crippen LogP contribution is 2.34. The Hall–Kier alpha value is -4.17. The smallest absolute Gasteiger partial charge is 0.335 e. The number of nitrogens with one attached hydrogen (secondary N) is 1. The predicted octanol–water partition coefficient (Wildman–Crippen LogP) is 5.42. The molecule has 40 heavy (non-hydrogen) atoms. The van der Waals surface area contributed by atoms with Gasteiger partial charge in [0.15, 0.2) is 0 Å². The number of hydrogen-bond acceptors (Lipinski definition) is 4. The molecule has 1 unspecified atom stereocenters. The quantitative estimate of drug-likeness (QED) is 0.267. The zero-order valence-corrected chi connectivity index (χ0v) is 22.6. The molecule has 0 radical (unpaired) electrons. The number of likely N-dealkylation sites (tertiary alicyclic amines) is 1. The number of halogens is 1. The van der Waals surface area contributed by atoms with Crippen LogP contribution in [0.25, 0.3) is 27.5 Å². The number of fused-ring (bicyclic) bond motifs is 2. The van der Waals surface area contributed by atoms with Crippen molar-refractivity contribution in [2.75, 3.05) is 26.7 Å². The van der Waals surface area contributed by atoms with Gasteiger partial charge in [0.25, 0.3) is 5.56 Å². The van der Waals surface area contributed by atoms with Crippen molar-refractivity contribution in [3.05, 3.63) is 105 Å². The van der Waals surface area contributed by atoms with Crippen LogP contribution in [0.4, 0.5) is 4.39 Å².